The van der Waals surface area contributed by atoms with Crippen LogP contribution in [0.1, 0.15) is 0 Å². The third-order valence-corrected chi connectivity index (χ3v) is 2.52. The quantitative estimate of drug-likeness (QED) is 0.445. The Morgan fingerprint density at radius 2 is 1.80 bits per heavy atom. The van der Waals surface area contributed by atoms with Crippen molar-refractivity contribution in [1.29, 1.82) is 0 Å². The summed E-state index contributed by atoms with van der Waals surface area (Å²) >= 11 is 0. The van der Waals surface area contributed by atoms with E-state index < -0.39 is 10.1 Å². The maximum Gasteiger partial charge on any atom is 1.00 e. The molecule has 78 valence electrons. The van der Waals surface area contributed by atoms with Crippen molar-refractivity contribution >= 4 is 10.1 Å². The number of methoxy groups -OCH3 is 2. The molecule has 1 rings (SSSR count). The Morgan fingerprint density at radius 3 is 2.20 bits per heavy atom. The van der Waals surface area contributed by atoms with Gasteiger partial charge in [-0.15, -0.1) is 0 Å². The van der Waals surface area contributed by atoms with Crippen molar-refractivity contribution in [3.05, 3.63) is 18.2 Å². The van der Waals surface area contributed by atoms with Gasteiger partial charge in [0.15, 0.2) is 0 Å². The van der Waals surface area contributed by atoms with Crippen molar-refractivity contribution in [2.45, 2.75) is 4.90 Å². The van der Waals surface area contributed by atoms with Crippen LogP contribution in [-0.4, -0.2) is 27.2 Å². The Bertz CT molecular complexity index is 429. The second-order valence-corrected chi connectivity index (χ2v) is 3.82. The first-order chi connectivity index (χ1) is 6.49. The Hall–Kier alpha value is 0.366. The molecule has 0 atom stereocenters. The molecule has 0 bridgehead atoms. The first kappa shape index (κ1) is 15.4. The van der Waals surface area contributed by atoms with Gasteiger partial charge in [0.2, 0.25) is 0 Å². The van der Waals surface area contributed by atoms with Gasteiger partial charge < -0.3 is 14.0 Å². The maximum absolute atomic E-state index is 10.7. The van der Waals surface area contributed by atoms with Gasteiger partial charge in [0.1, 0.15) is 21.6 Å². The van der Waals surface area contributed by atoms with E-state index in [1.54, 1.807) is 0 Å². The van der Waals surface area contributed by atoms with E-state index in [4.69, 9.17) is 9.47 Å². The summed E-state index contributed by atoms with van der Waals surface area (Å²) in [7, 11) is -1.79. The molecule has 0 amide bonds. The van der Waals surface area contributed by atoms with E-state index >= 15 is 0 Å². The van der Waals surface area contributed by atoms with Gasteiger partial charge in [0.25, 0.3) is 0 Å². The second-order valence-electron chi connectivity index (χ2n) is 2.47. The molecule has 0 fully saturated rings. The fourth-order valence-corrected chi connectivity index (χ4v) is 1.60. The zero-order valence-corrected chi connectivity index (χ0v) is 12.6. The molecule has 0 aliphatic heterocycles. The van der Waals surface area contributed by atoms with Crippen LogP contribution in [-0.2, 0) is 10.1 Å². The van der Waals surface area contributed by atoms with E-state index in [1.165, 1.54) is 26.4 Å². The number of hydrogen-bond acceptors (Lipinski definition) is 5. The van der Waals surface area contributed by atoms with Gasteiger partial charge in [-0.25, -0.2) is 8.42 Å². The van der Waals surface area contributed by atoms with Gasteiger partial charge in [0, 0.05) is 6.07 Å². The molecular formula is C8H9KO5S. The van der Waals surface area contributed by atoms with Crippen molar-refractivity contribution in [1.82, 2.24) is 0 Å². The summed E-state index contributed by atoms with van der Waals surface area (Å²) in [5, 5.41) is 0. The molecule has 0 aromatic heterocycles. The molecule has 0 N–H and O–H groups in total. The van der Waals surface area contributed by atoms with Crippen LogP contribution in [0, 0.1) is 0 Å². The Kier molecular flexibility index (Phi) is 6.34. The zero-order chi connectivity index (χ0) is 10.8. The second kappa shape index (κ2) is 6.19. The average Bonchev–Trinajstić information content (AvgIpc) is 2.15. The number of ether oxygens (including phenoxy) is 2. The van der Waals surface area contributed by atoms with Crippen molar-refractivity contribution in [2.24, 2.45) is 0 Å². The van der Waals surface area contributed by atoms with Crippen LogP contribution >= 0.6 is 0 Å². The predicted octanol–water partition coefficient (Wildman–Crippen LogP) is -2.39. The van der Waals surface area contributed by atoms with Crippen LogP contribution in [0.3, 0.4) is 0 Å². The van der Waals surface area contributed by atoms with Crippen LogP contribution in [0.2, 0.25) is 0 Å². The van der Waals surface area contributed by atoms with Gasteiger partial charge in [-0.05, 0) is 12.1 Å². The van der Waals surface area contributed by atoms with Crippen molar-refractivity contribution in [3.63, 3.8) is 0 Å². The maximum atomic E-state index is 10.7. The number of hydrogen-bond donors (Lipinski definition) is 0. The standard InChI is InChI=1S/C8H10O5S.K/c1-12-6-3-4-8(14(9,10)11)7(5-6)13-2;/h3-5H,1-2H3,(H,9,10,11);/q;+1/p-1. The van der Waals surface area contributed by atoms with Gasteiger partial charge in [-0.2, -0.15) is 0 Å². The number of benzene rings is 1. The summed E-state index contributed by atoms with van der Waals surface area (Å²) < 4.78 is 41.8. The van der Waals surface area contributed by atoms with Crippen LogP contribution < -0.4 is 60.9 Å². The van der Waals surface area contributed by atoms with E-state index in [0.29, 0.717) is 5.75 Å². The SMILES string of the molecule is COc1ccc(S(=O)(=O)[O-])c(OC)c1.[K+]. The molecule has 0 aliphatic carbocycles. The Balaban J connectivity index is 0.00000196. The van der Waals surface area contributed by atoms with Gasteiger partial charge in [0.05, 0.1) is 19.1 Å². The smallest absolute Gasteiger partial charge is 0.744 e. The summed E-state index contributed by atoms with van der Waals surface area (Å²) in [5.74, 6) is 0.411. The third kappa shape index (κ3) is 4.02. The summed E-state index contributed by atoms with van der Waals surface area (Å²) in [4.78, 5) is -0.388. The summed E-state index contributed by atoms with van der Waals surface area (Å²) in [6.45, 7) is 0. The predicted molar refractivity (Wildman–Crippen MR) is 47.5 cm³/mol. The van der Waals surface area contributed by atoms with E-state index in [-0.39, 0.29) is 62.0 Å². The van der Waals surface area contributed by atoms with E-state index in [2.05, 4.69) is 0 Å². The van der Waals surface area contributed by atoms with Crippen molar-refractivity contribution < 1.29 is 73.8 Å². The molecule has 0 saturated carbocycles. The molecule has 0 aliphatic rings. The molecule has 0 unspecified atom stereocenters. The minimum Gasteiger partial charge on any atom is -0.744 e. The topological polar surface area (TPSA) is 75.7 Å². The van der Waals surface area contributed by atoms with E-state index in [9.17, 15) is 13.0 Å². The first-order valence-electron chi connectivity index (χ1n) is 3.67. The molecule has 15 heavy (non-hydrogen) atoms. The van der Waals surface area contributed by atoms with Crippen molar-refractivity contribution in [3.8, 4) is 11.5 Å². The van der Waals surface area contributed by atoms with Crippen molar-refractivity contribution in [2.75, 3.05) is 14.2 Å². The summed E-state index contributed by atoms with van der Waals surface area (Å²) in [6, 6.07) is 3.87. The minimum absolute atomic E-state index is 0. The molecule has 0 heterocycles. The Labute approximate surface area is 131 Å². The van der Waals surface area contributed by atoms with Crippen LogP contribution in [0.5, 0.6) is 11.5 Å². The molecule has 0 spiro atoms. The summed E-state index contributed by atoms with van der Waals surface area (Å²) in [5.41, 5.74) is 0. The van der Waals surface area contributed by atoms with Crippen LogP contribution in [0.25, 0.3) is 0 Å². The molecule has 0 saturated heterocycles. The Morgan fingerprint density at radius 1 is 1.20 bits per heavy atom. The average molecular weight is 256 g/mol. The largest absolute Gasteiger partial charge is 1.00 e. The fourth-order valence-electron chi connectivity index (χ4n) is 0.981. The van der Waals surface area contributed by atoms with Gasteiger partial charge in [-0.3, -0.25) is 0 Å². The molecule has 1 aromatic carbocycles. The fraction of sp³-hybridized carbons (Fsp3) is 0.250. The first-order valence-corrected chi connectivity index (χ1v) is 5.08. The monoisotopic (exact) mass is 256 g/mol. The normalized spacial score (nSPS) is 10.3. The molecule has 1 aromatic rings. The van der Waals surface area contributed by atoms with Crippen LogP contribution in [0.15, 0.2) is 23.1 Å². The summed E-state index contributed by atoms with van der Waals surface area (Å²) in [6.07, 6.45) is 0. The molecular weight excluding hydrogens is 247 g/mol. The molecule has 5 nitrogen and oxygen atoms in total. The van der Waals surface area contributed by atoms with E-state index in [1.807, 2.05) is 0 Å². The molecule has 7 heteroatoms. The minimum atomic E-state index is -4.50. The van der Waals surface area contributed by atoms with E-state index in [0.717, 1.165) is 6.07 Å². The van der Waals surface area contributed by atoms with Gasteiger partial charge in [-0.1, -0.05) is 0 Å². The van der Waals surface area contributed by atoms with Crippen LogP contribution in [0.4, 0.5) is 0 Å². The molecule has 0 radical (unpaired) electrons. The number of rotatable bonds is 3. The zero-order valence-electron chi connectivity index (χ0n) is 8.68. The third-order valence-electron chi connectivity index (χ3n) is 1.64. The van der Waals surface area contributed by atoms with Gasteiger partial charge >= 0.3 is 51.4 Å².